The zero-order valence-corrected chi connectivity index (χ0v) is 22.7. The molecule has 2 N–H and O–H groups in total. The molecular weight excluding hydrogens is 520 g/mol. The molecule has 11 nitrogen and oxygen atoms in total. The number of benzene rings is 2. The van der Waals surface area contributed by atoms with E-state index in [4.69, 9.17) is 4.74 Å². The van der Waals surface area contributed by atoms with Gasteiger partial charge in [0.05, 0.1) is 25.0 Å². The number of ether oxygens (including phenoxy) is 1. The fraction of sp³-hybridized carbons (Fsp3) is 0.259. The fourth-order valence-corrected chi connectivity index (χ4v) is 5.43. The third kappa shape index (κ3) is 5.41. The van der Waals surface area contributed by atoms with Gasteiger partial charge >= 0.3 is 0 Å². The lowest BCUT2D eigenvalue weighted by Gasteiger charge is -2.39. The first-order valence-corrected chi connectivity index (χ1v) is 13.7. The highest BCUT2D eigenvalue weighted by molar-refractivity contribution is 7.92. The summed E-state index contributed by atoms with van der Waals surface area (Å²) in [7, 11) is -2.37. The van der Waals surface area contributed by atoms with E-state index in [1.165, 1.54) is 23.1 Å². The van der Waals surface area contributed by atoms with Crippen molar-refractivity contribution in [2.24, 2.45) is 7.05 Å². The van der Waals surface area contributed by atoms with Gasteiger partial charge in [-0.05, 0) is 55.7 Å². The molecule has 0 unspecified atom stereocenters. The number of hydrogen-bond acceptors (Lipinski definition) is 8. The number of nitrogens with zero attached hydrogens (tertiary/aromatic N) is 5. The van der Waals surface area contributed by atoms with Crippen LogP contribution in [0.5, 0.6) is 11.6 Å². The van der Waals surface area contributed by atoms with E-state index in [1.807, 2.05) is 32.0 Å². The van der Waals surface area contributed by atoms with Crippen LogP contribution < -0.4 is 9.46 Å². The lowest BCUT2D eigenvalue weighted by Crippen LogP contribution is -2.56. The van der Waals surface area contributed by atoms with Gasteiger partial charge in [0, 0.05) is 30.4 Å². The molecule has 3 heterocycles. The Morgan fingerprint density at radius 3 is 2.41 bits per heavy atom. The van der Waals surface area contributed by atoms with Gasteiger partial charge in [0.1, 0.15) is 16.7 Å². The van der Waals surface area contributed by atoms with Crippen LogP contribution in [0.2, 0.25) is 0 Å². The van der Waals surface area contributed by atoms with Gasteiger partial charge in [-0.25, -0.2) is 18.1 Å². The van der Waals surface area contributed by atoms with Crippen molar-refractivity contribution >= 4 is 21.9 Å². The number of hydrogen-bond donors (Lipinski definition) is 2. The van der Waals surface area contributed by atoms with Crippen LogP contribution in [0.3, 0.4) is 0 Å². The molecule has 1 fully saturated rings. The number of sulfonamides is 1. The number of phenolic OH excluding ortho intramolecular Hbond substituents is 1. The predicted molar refractivity (Wildman–Crippen MR) is 144 cm³/mol. The summed E-state index contributed by atoms with van der Waals surface area (Å²) in [6.07, 6.45) is 2.28. The summed E-state index contributed by atoms with van der Waals surface area (Å²) in [6.45, 7) is 6.33. The summed E-state index contributed by atoms with van der Waals surface area (Å²) in [5, 5.41) is 13.6. The number of aryl methyl sites for hydroxylation is 4. The molecule has 2 aromatic heterocycles. The van der Waals surface area contributed by atoms with E-state index in [1.54, 1.807) is 37.1 Å². The lowest BCUT2D eigenvalue weighted by atomic mass is 10.00. The third-order valence-electron chi connectivity index (χ3n) is 6.52. The normalized spacial score (nSPS) is 13.7. The predicted octanol–water partition coefficient (Wildman–Crippen LogP) is 3.21. The molecular formula is C27H28N6O5S. The molecule has 39 heavy (non-hydrogen) atoms. The Hall–Kier alpha value is -4.45. The molecule has 0 bridgehead atoms. The van der Waals surface area contributed by atoms with Gasteiger partial charge in [-0.2, -0.15) is 10.1 Å². The van der Waals surface area contributed by atoms with Gasteiger partial charge in [0.15, 0.2) is 0 Å². The van der Waals surface area contributed by atoms with Crippen LogP contribution in [-0.4, -0.2) is 63.3 Å². The van der Waals surface area contributed by atoms with Gasteiger partial charge < -0.3 is 14.7 Å². The fourth-order valence-electron chi connectivity index (χ4n) is 4.50. The van der Waals surface area contributed by atoms with Crippen molar-refractivity contribution in [2.75, 3.05) is 17.8 Å². The average Bonchev–Trinajstić information content (AvgIpc) is 3.28. The summed E-state index contributed by atoms with van der Waals surface area (Å²) < 4.78 is 35.8. The average molecular weight is 549 g/mol. The third-order valence-corrected chi connectivity index (χ3v) is 7.80. The molecule has 1 aliphatic heterocycles. The summed E-state index contributed by atoms with van der Waals surface area (Å²) in [6, 6.07) is 12.1. The summed E-state index contributed by atoms with van der Waals surface area (Å²) in [5.74, 6) is -0.00565. The number of carbonyl (C=O) groups is 1. The SMILES string of the molecule is Cc1cc(O)ccc1C(=O)N1CC(Oc2cc(-c3c(C)cccc3C)nc(NS(=O)(=O)c3cnn(C)c3)n2)C1. The van der Waals surface area contributed by atoms with E-state index in [2.05, 4.69) is 19.8 Å². The lowest BCUT2D eigenvalue weighted by molar-refractivity contribution is 0.0160. The monoisotopic (exact) mass is 548 g/mol. The van der Waals surface area contributed by atoms with Crippen molar-refractivity contribution in [3.8, 4) is 22.9 Å². The second-order valence-corrected chi connectivity index (χ2v) is 11.3. The maximum atomic E-state index is 13.0. The highest BCUT2D eigenvalue weighted by Gasteiger charge is 2.34. The number of rotatable bonds is 7. The number of anilines is 1. The Morgan fingerprint density at radius 1 is 1.05 bits per heavy atom. The van der Waals surface area contributed by atoms with Crippen molar-refractivity contribution in [1.29, 1.82) is 0 Å². The van der Waals surface area contributed by atoms with Crippen LogP contribution in [0.1, 0.15) is 27.0 Å². The van der Waals surface area contributed by atoms with Gasteiger partial charge in [-0.15, -0.1) is 0 Å². The Labute approximate surface area is 226 Å². The second kappa shape index (κ2) is 10.0. The minimum atomic E-state index is -3.99. The largest absolute Gasteiger partial charge is 0.508 e. The molecule has 0 saturated carbocycles. The first kappa shape index (κ1) is 26.2. The summed E-state index contributed by atoms with van der Waals surface area (Å²) in [5.41, 5.74) is 4.48. The van der Waals surface area contributed by atoms with E-state index in [0.717, 1.165) is 16.7 Å². The van der Waals surface area contributed by atoms with Crippen LogP contribution in [0.15, 0.2) is 59.8 Å². The van der Waals surface area contributed by atoms with Crippen LogP contribution in [0.4, 0.5) is 5.95 Å². The molecule has 0 aliphatic carbocycles. The van der Waals surface area contributed by atoms with Crippen molar-refractivity contribution in [1.82, 2.24) is 24.6 Å². The van der Waals surface area contributed by atoms with Gasteiger partial charge in [0.25, 0.3) is 15.9 Å². The van der Waals surface area contributed by atoms with Crippen molar-refractivity contribution in [3.63, 3.8) is 0 Å². The first-order valence-electron chi connectivity index (χ1n) is 12.2. The Kier molecular flexibility index (Phi) is 6.73. The highest BCUT2D eigenvalue weighted by Crippen LogP contribution is 2.30. The molecule has 4 aromatic rings. The molecule has 202 valence electrons. The molecule has 0 atom stereocenters. The van der Waals surface area contributed by atoms with E-state index in [-0.39, 0.29) is 34.5 Å². The van der Waals surface area contributed by atoms with E-state index >= 15 is 0 Å². The number of aromatic nitrogens is 4. The van der Waals surface area contributed by atoms with E-state index < -0.39 is 10.0 Å². The number of amides is 1. The minimum absolute atomic E-state index is 0.0220. The van der Waals surface area contributed by atoms with Crippen LogP contribution in [-0.2, 0) is 17.1 Å². The minimum Gasteiger partial charge on any atom is -0.508 e. The zero-order chi connectivity index (χ0) is 27.9. The number of likely N-dealkylation sites (tertiary alicyclic amines) is 1. The number of aromatic hydroxyl groups is 1. The molecule has 1 amide bonds. The topological polar surface area (TPSA) is 140 Å². The maximum Gasteiger partial charge on any atom is 0.267 e. The smallest absolute Gasteiger partial charge is 0.267 e. The van der Waals surface area contributed by atoms with Gasteiger partial charge in [-0.3, -0.25) is 9.48 Å². The van der Waals surface area contributed by atoms with E-state index in [0.29, 0.717) is 29.9 Å². The van der Waals surface area contributed by atoms with Crippen molar-refractivity contribution < 1.29 is 23.1 Å². The standard InChI is InChI=1S/C27H28N6O5S/c1-16-6-5-7-17(2)25(16)23-11-24(30-27(29-23)31-39(36,37)21-12-28-32(4)15-21)38-20-13-33(14-20)26(35)22-9-8-19(34)10-18(22)3/h5-12,15,20,34H,13-14H2,1-4H3,(H,29,30,31). The maximum absolute atomic E-state index is 13.0. The van der Waals surface area contributed by atoms with Crippen LogP contribution in [0, 0.1) is 20.8 Å². The molecule has 0 spiro atoms. The highest BCUT2D eigenvalue weighted by atomic mass is 32.2. The van der Waals surface area contributed by atoms with Crippen LogP contribution >= 0.6 is 0 Å². The second-order valence-electron chi connectivity index (χ2n) is 9.59. The van der Waals surface area contributed by atoms with E-state index in [9.17, 15) is 18.3 Å². The number of carbonyl (C=O) groups excluding carboxylic acids is 1. The molecule has 1 saturated heterocycles. The van der Waals surface area contributed by atoms with Gasteiger partial charge in [-0.1, -0.05) is 18.2 Å². The summed E-state index contributed by atoms with van der Waals surface area (Å²) in [4.78, 5) is 23.3. The van der Waals surface area contributed by atoms with Crippen LogP contribution in [0.25, 0.3) is 11.3 Å². The van der Waals surface area contributed by atoms with Gasteiger partial charge in [0.2, 0.25) is 11.8 Å². The Morgan fingerprint density at radius 2 is 1.77 bits per heavy atom. The molecule has 2 aromatic carbocycles. The number of phenols is 1. The molecule has 1 aliphatic rings. The Balaban J connectivity index is 1.40. The summed E-state index contributed by atoms with van der Waals surface area (Å²) >= 11 is 0. The molecule has 0 radical (unpaired) electrons. The van der Waals surface area contributed by atoms with Crippen molar-refractivity contribution in [2.45, 2.75) is 31.8 Å². The number of nitrogens with one attached hydrogen (secondary N) is 1. The zero-order valence-electron chi connectivity index (χ0n) is 21.9. The molecule has 5 rings (SSSR count). The molecule has 12 heteroatoms. The quantitative estimate of drug-likeness (QED) is 0.359. The first-order chi connectivity index (χ1) is 18.5. The Bertz CT molecular complexity index is 1660. The van der Waals surface area contributed by atoms with Crippen molar-refractivity contribution in [3.05, 3.63) is 77.1 Å².